The van der Waals surface area contributed by atoms with Crippen molar-refractivity contribution in [2.24, 2.45) is 4.99 Å². The van der Waals surface area contributed by atoms with E-state index in [9.17, 15) is 5.11 Å². The van der Waals surface area contributed by atoms with Gasteiger partial charge in [0.15, 0.2) is 6.23 Å². The van der Waals surface area contributed by atoms with Gasteiger partial charge in [0.1, 0.15) is 11.7 Å². The lowest BCUT2D eigenvalue weighted by atomic mass is 10.1. The van der Waals surface area contributed by atoms with Crippen molar-refractivity contribution in [1.82, 2.24) is 0 Å². The van der Waals surface area contributed by atoms with Crippen molar-refractivity contribution >= 4 is 17.2 Å². The first-order valence-electron chi connectivity index (χ1n) is 11.2. The molecule has 5 heteroatoms. The number of unbranched alkanes of at least 4 members (excludes halogenated alkanes) is 6. The highest BCUT2D eigenvalue weighted by atomic mass is 19.1. The van der Waals surface area contributed by atoms with Crippen LogP contribution in [0, 0.1) is 5.82 Å². The second-order valence-electron chi connectivity index (χ2n) is 7.99. The summed E-state index contributed by atoms with van der Waals surface area (Å²) in [4.78, 5) is 8.26. The summed E-state index contributed by atoms with van der Waals surface area (Å²) in [5.41, 5.74) is 2.06. The van der Waals surface area contributed by atoms with Crippen LogP contribution in [0.4, 0.5) is 15.8 Å². The highest BCUT2D eigenvalue weighted by Crippen LogP contribution is 2.29. The molecular weight excluding hydrogens is 365 g/mol. The van der Waals surface area contributed by atoms with Crippen molar-refractivity contribution in [3.05, 3.63) is 35.8 Å². The molecule has 1 aliphatic heterocycles. The van der Waals surface area contributed by atoms with Gasteiger partial charge in [0.25, 0.3) is 0 Å². The molecule has 0 aromatic heterocycles. The minimum absolute atomic E-state index is 0.236. The third kappa shape index (κ3) is 6.84. The quantitative estimate of drug-likeness (QED) is 0.419. The Morgan fingerprint density at radius 3 is 2.14 bits per heavy atom. The molecule has 2 rings (SSSR count). The molecule has 1 atom stereocenters. The fraction of sp³-hybridized carbons (Fsp3) is 0.625. The molecule has 1 heterocycles. The standard InChI is InChI=1S/C24H38FN3O/c1-5-7-9-11-15-27(16-12-10-8-6-2)23-14-13-21(18-22(23)25)28-20(4)26-19(3)17-24(28)29/h13-14,17-18,24,29H,5-12,15-16H2,1-4H3. The number of allylic oxidation sites excluding steroid dienone is 1. The third-order valence-corrected chi connectivity index (χ3v) is 5.45. The van der Waals surface area contributed by atoms with Gasteiger partial charge in [0.2, 0.25) is 0 Å². The molecule has 1 aromatic rings. The number of anilines is 2. The number of nitrogens with zero attached hydrogens (tertiary/aromatic N) is 3. The van der Waals surface area contributed by atoms with E-state index in [1.807, 2.05) is 26.0 Å². The molecule has 0 bridgehead atoms. The first-order chi connectivity index (χ1) is 14.0. The monoisotopic (exact) mass is 403 g/mol. The normalized spacial score (nSPS) is 16.6. The molecule has 0 spiro atoms. The smallest absolute Gasteiger partial charge is 0.153 e. The summed E-state index contributed by atoms with van der Waals surface area (Å²) in [7, 11) is 0. The Kier molecular flexibility index (Phi) is 9.65. The van der Waals surface area contributed by atoms with E-state index in [1.54, 1.807) is 11.0 Å². The van der Waals surface area contributed by atoms with Crippen LogP contribution < -0.4 is 9.80 Å². The molecule has 162 valence electrons. The van der Waals surface area contributed by atoms with Gasteiger partial charge in [0, 0.05) is 24.5 Å². The number of aliphatic imine (C=N–C) groups is 1. The summed E-state index contributed by atoms with van der Waals surface area (Å²) in [6.45, 7) is 9.87. The average Bonchev–Trinajstić information content (AvgIpc) is 2.66. The van der Waals surface area contributed by atoms with E-state index in [-0.39, 0.29) is 5.82 Å². The van der Waals surface area contributed by atoms with Gasteiger partial charge in [0.05, 0.1) is 5.69 Å². The van der Waals surface area contributed by atoms with Gasteiger partial charge in [-0.3, -0.25) is 4.90 Å². The number of hydrogen-bond acceptors (Lipinski definition) is 4. The maximum atomic E-state index is 15.1. The summed E-state index contributed by atoms with van der Waals surface area (Å²) in [5, 5.41) is 10.4. The lowest BCUT2D eigenvalue weighted by Gasteiger charge is -2.32. The van der Waals surface area contributed by atoms with E-state index in [0.717, 1.165) is 31.6 Å². The van der Waals surface area contributed by atoms with E-state index in [4.69, 9.17) is 0 Å². The molecular formula is C24H38FN3O. The third-order valence-electron chi connectivity index (χ3n) is 5.45. The van der Waals surface area contributed by atoms with Gasteiger partial charge >= 0.3 is 0 Å². The van der Waals surface area contributed by atoms with Crippen LogP contribution in [-0.4, -0.2) is 30.3 Å². The molecule has 1 aromatic carbocycles. The van der Waals surface area contributed by atoms with Gasteiger partial charge in [-0.1, -0.05) is 52.4 Å². The van der Waals surface area contributed by atoms with Crippen LogP contribution in [0.5, 0.6) is 0 Å². The maximum Gasteiger partial charge on any atom is 0.153 e. The van der Waals surface area contributed by atoms with Crippen molar-refractivity contribution < 1.29 is 9.50 Å². The Balaban J connectivity index is 2.15. The van der Waals surface area contributed by atoms with Crippen molar-refractivity contribution in [3.63, 3.8) is 0 Å². The predicted molar refractivity (Wildman–Crippen MR) is 122 cm³/mol. The first kappa shape index (κ1) is 23.4. The Hall–Kier alpha value is -1.88. The Labute approximate surface area is 176 Å². The predicted octanol–water partition coefficient (Wildman–Crippen LogP) is 6.25. The lowest BCUT2D eigenvalue weighted by Crippen LogP contribution is -2.40. The zero-order valence-electron chi connectivity index (χ0n) is 18.6. The molecule has 0 saturated carbocycles. The fourth-order valence-corrected chi connectivity index (χ4v) is 3.88. The summed E-state index contributed by atoms with van der Waals surface area (Å²) >= 11 is 0. The molecule has 4 nitrogen and oxygen atoms in total. The van der Waals surface area contributed by atoms with E-state index in [0.29, 0.717) is 17.2 Å². The highest BCUT2D eigenvalue weighted by Gasteiger charge is 2.23. The minimum Gasteiger partial charge on any atom is -0.369 e. The zero-order valence-corrected chi connectivity index (χ0v) is 18.6. The molecule has 0 radical (unpaired) electrons. The van der Waals surface area contributed by atoms with Crippen LogP contribution in [0.1, 0.15) is 79.1 Å². The van der Waals surface area contributed by atoms with Gasteiger partial charge < -0.3 is 10.0 Å². The van der Waals surface area contributed by atoms with Gasteiger partial charge in [-0.05, 0) is 51.0 Å². The SMILES string of the molecule is CCCCCCN(CCCCCC)c1ccc(N2C(C)=NC(C)=CC2O)cc1F. The van der Waals surface area contributed by atoms with E-state index in [2.05, 4.69) is 23.7 Å². The summed E-state index contributed by atoms with van der Waals surface area (Å²) in [6, 6.07) is 5.27. The average molecular weight is 404 g/mol. The Morgan fingerprint density at radius 1 is 1.00 bits per heavy atom. The van der Waals surface area contributed by atoms with Crippen LogP contribution >= 0.6 is 0 Å². The zero-order chi connectivity index (χ0) is 21.2. The topological polar surface area (TPSA) is 39.1 Å². The lowest BCUT2D eigenvalue weighted by molar-refractivity contribution is 0.230. The maximum absolute atomic E-state index is 15.1. The number of benzene rings is 1. The number of amidine groups is 1. The van der Waals surface area contributed by atoms with Crippen LogP contribution in [0.25, 0.3) is 0 Å². The number of aliphatic hydroxyl groups is 1. The summed E-state index contributed by atoms with van der Waals surface area (Å²) in [6.07, 6.45) is 10.2. The minimum atomic E-state index is -0.822. The van der Waals surface area contributed by atoms with Crippen molar-refractivity contribution in [2.45, 2.75) is 85.3 Å². The van der Waals surface area contributed by atoms with E-state index < -0.39 is 6.23 Å². The van der Waals surface area contributed by atoms with Gasteiger partial charge in [-0.2, -0.15) is 0 Å². The van der Waals surface area contributed by atoms with Crippen molar-refractivity contribution in [2.75, 3.05) is 22.9 Å². The molecule has 0 amide bonds. The van der Waals surface area contributed by atoms with Crippen molar-refractivity contribution in [3.8, 4) is 0 Å². The molecule has 0 aliphatic carbocycles. The molecule has 1 N–H and O–H groups in total. The highest BCUT2D eigenvalue weighted by molar-refractivity contribution is 5.98. The second-order valence-corrected chi connectivity index (χ2v) is 7.99. The largest absolute Gasteiger partial charge is 0.369 e. The molecule has 0 fully saturated rings. The van der Waals surface area contributed by atoms with Crippen LogP contribution in [-0.2, 0) is 0 Å². The molecule has 1 unspecified atom stereocenters. The number of aliphatic hydroxyl groups excluding tert-OH is 1. The Bertz CT molecular complexity index is 689. The summed E-state index contributed by atoms with van der Waals surface area (Å²) in [5.74, 6) is 0.431. The van der Waals surface area contributed by atoms with Crippen molar-refractivity contribution in [1.29, 1.82) is 0 Å². The second kappa shape index (κ2) is 12.0. The molecule has 29 heavy (non-hydrogen) atoms. The van der Waals surface area contributed by atoms with Gasteiger partial charge in [-0.25, -0.2) is 9.38 Å². The first-order valence-corrected chi connectivity index (χ1v) is 11.2. The molecule has 0 saturated heterocycles. The van der Waals surface area contributed by atoms with Gasteiger partial charge in [-0.15, -0.1) is 0 Å². The van der Waals surface area contributed by atoms with E-state index >= 15 is 4.39 Å². The summed E-state index contributed by atoms with van der Waals surface area (Å²) < 4.78 is 15.1. The fourth-order valence-electron chi connectivity index (χ4n) is 3.88. The number of rotatable bonds is 12. The van der Waals surface area contributed by atoms with E-state index in [1.165, 1.54) is 44.6 Å². The number of halogens is 1. The van der Waals surface area contributed by atoms with Crippen LogP contribution in [0.15, 0.2) is 35.0 Å². The Morgan fingerprint density at radius 2 is 1.62 bits per heavy atom. The number of hydrogen-bond donors (Lipinski definition) is 1. The van der Waals surface area contributed by atoms with Crippen LogP contribution in [0.3, 0.4) is 0 Å². The molecule has 1 aliphatic rings. The van der Waals surface area contributed by atoms with Crippen LogP contribution in [0.2, 0.25) is 0 Å².